The summed E-state index contributed by atoms with van der Waals surface area (Å²) in [5.41, 5.74) is 0.708. The lowest BCUT2D eigenvalue weighted by Gasteiger charge is -2.21. The normalized spacial score (nSPS) is 11.3. The van der Waals surface area contributed by atoms with Gasteiger partial charge in [-0.25, -0.2) is 4.98 Å². The predicted molar refractivity (Wildman–Crippen MR) is 133 cm³/mol. The van der Waals surface area contributed by atoms with E-state index in [1.165, 1.54) is 16.2 Å². The number of hydrogen-bond acceptors (Lipinski definition) is 6. The van der Waals surface area contributed by atoms with Crippen LogP contribution in [0.15, 0.2) is 47.4 Å². The van der Waals surface area contributed by atoms with Crippen LogP contribution in [-0.2, 0) is 4.79 Å². The summed E-state index contributed by atoms with van der Waals surface area (Å²) in [5, 5.41) is 1.31. The maximum Gasteiger partial charge on any atom is 0.228 e. The molecule has 8 heteroatoms. The number of rotatable bonds is 11. The van der Waals surface area contributed by atoms with Gasteiger partial charge in [-0.2, -0.15) is 0 Å². The van der Waals surface area contributed by atoms with E-state index in [0.717, 1.165) is 29.8 Å². The van der Waals surface area contributed by atoms with E-state index in [1.54, 1.807) is 18.9 Å². The second-order valence-electron chi connectivity index (χ2n) is 7.39. The minimum atomic E-state index is 0.0987. The van der Waals surface area contributed by atoms with E-state index in [1.807, 2.05) is 49.3 Å². The molecule has 31 heavy (non-hydrogen) atoms. The molecule has 0 saturated carbocycles. The van der Waals surface area contributed by atoms with Crippen LogP contribution in [0.1, 0.15) is 19.3 Å². The van der Waals surface area contributed by atoms with E-state index in [2.05, 4.69) is 17.0 Å². The van der Waals surface area contributed by atoms with Gasteiger partial charge in [0.2, 0.25) is 5.91 Å². The van der Waals surface area contributed by atoms with Gasteiger partial charge in [0.25, 0.3) is 0 Å². The Balaban J connectivity index is 1.72. The summed E-state index contributed by atoms with van der Waals surface area (Å²) in [6.45, 7) is 1.53. The fourth-order valence-electron chi connectivity index (χ4n) is 3.16. The SMILES string of the molecule is COc1ccc(Cl)c2sc(N(CCCN(C)C)C(=O)CCCSc3ccccc3)nc12. The molecule has 0 bridgehead atoms. The highest BCUT2D eigenvalue weighted by Gasteiger charge is 2.21. The number of ether oxygens (including phenoxy) is 1. The Labute approximate surface area is 197 Å². The van der Waals surface area contributed by atoms with Crippen molar-refractivity contribution in [1.82, 2.24) is 9.88 Å². The van der Waals surface area contributed by atoms with Crippen molar-refractivity contribution < 1.29 is 9.53 Å². The summed E-state index contributed by atoms with van der Waals surface area (Å²) >= 11 is 9.62. The van der Waals surface area contributed by atoms with Crippen LogP contribution in [0.2, 0.25) is 5.02 Å². The zero-order valence-corrected chi connectivity index (χ0v) is 20.5. The fourth-order valence-corrected chi connectivity index (χ4v) is 5.33. The molecule has 0 saturated heterocycles. The number of benzene rings is 2. The lowest BCUT2D eigenvalue weighted by atomic mass is 10.3. The number of hydrogen-bond donors (Lipinski definition) is 0. The maximum atomic E-state index is 13.2. The number of fused-ring (bicyclic) bond motifs is 1. The zero-order chi connectivity index (χ0) is 22.2. The van der Waals surface area contributed by atoms with E-state index in [0.29, 0.717) is 34.4 Å². The average molecular weight is 478 g/mol. The van der Waals surface area contributed by atoms with Crippen molar-refractivity contribution in [3.05, 3.63) is 47.5 Å². The second kappa shape index (κ2) is 11.7. The lowest BCUT2D eigenvalue weighted by molar-refractivity contribution is -0.118. The topological polar surface area (TPSA) is 45.7 Å². The summed E-state index contributed by atoms with van der Waals surface area (Å²) in [4.78, 5) is 23.1. The molecule has 0 atom stereocenters. The van der Waals surface area contributed by atoms with Crippen molar-refractivity contribution >= 4 is 56.0 Å². The Bertz CT molecular complexity index is 995. The van der Waals surface area contributed by atoms with Crippen LogP contribution in [0, 0.1) is 0 Å². The van der Waals surface area contributed by atoms with E-state index in [-0.39, 0.29) is 5.91 Å². The van der Waals surface area contributed by atoms with E-state index < -0.39 is 0 Å². The van der Waals surface area contributed by atoms with Gasteiger partial charge in [0.15, 0.2) is 5.13 Å². The highest BCUT2D eigenvalue weighted by Crippen LogP contribution is 2.39. The van der Waals surface area contributed by atoms with Gasteiger partial charge in [0.1, 0.15) is 11.3 Å². The van der Waals surface area contributed by atoms with Crippen molar-refractivity contribution in [3.63, 3.8) is 0 Å². The molecule has 5 nitrogen and oxygen atoms in total. The van der Waals surface area contributed by atoms with Gasteiger partial charge in [0.05, 0.1) is 16.8 Å². The number of aromatic nitrogens is 1. The van der Waals surface area contributed by atoms with Gasteiger partial charge in [-0.1, -0.05) is 41.1 Å². The molecule has 0 aliphatic heterocycles. The molecule has 1 heterocycles. The third-order valence-corrected chi connectivity index (χ3v) is 7.37. The first-order valence-electron chi connectivity index (χ1n) is 10.3. The lowest BCUT2D eigenvalue weighted by Crippen LogP contribution is -2.33. The average Bonchev–Trinajstić information content (AvgIpc) is 3.21. The Morgan fingerprint density at radius 2 is 1.90 bits per heavy atom. The molecule has 0 fully saturated rings. The van der Waals surface area contributed by atoms with E-state index in [9.17, 15) is 4.79 Å². The first kappa shape index (κ1) is 23.9. The first-order chi connectivity index (χ1) is 15.0. The highest BCUT2D eigenvalue weighted by atomic mass is 35.5. The maximum absolute atomic E-state index is 13.2. The molecule has 2 aromatic carbocycles. The summed E-state index contributed by atoms with van der Waals surface area (Å²) in [6, 6.07) is 13.9. The van der Waals surface area contributed by atoms with Crippen LogP contribution in [-0.4, -0.2) is 55.8 Å². The van der Waals surface area contributed by atoms with Crippen LogP contribution < -0.4 is 9.64 Å². The van der Waals surface area contributed by atoms with E-state index >= 15 is 0 Å². The summed E-state index contributed by atoms with van der Waals surface area (Å²) in [6.07, 6.45) is 2.18. The van der Waals surface area contributed by atoms with Crippen LogP contribution in [0.4, 0.5) is 5.13 Å². The van der Waals surface area contributed by atoms with Gasteiger partial charge >= 0.3 is 0 Å². The molecule has 0 N–H and O–H groups in total. The summed E-state index contributed by atoms with van der Waals surface area (Å²) in [5.74, 6) is 1.67. The van der Waals surface area contributed by atoms with Crippen LogP contribution >= 0.6 is 34.7 Å². The molecule has 3 aromatic rings. The van der Waals surface area contributed by atoms with Gasteiger partial charge in [-0.05, 0) is 63.5 Å². The number of nitrogens with zero attached hydrogens (tertiary/aromatic N) is 3. The van der Waals surface area contributed by atoms with Gasteiger partial charge in [-0.3, -0.25) is 9.69 Å². The number of halogens is 1. The monoisotopic (exact) mass is 477 g/mol. The van der Waals surface area contributed by atoms with Crippen LogP contribution in [0.5, 0.6) is 5.75 Å². The molecule has 0 spiro atoms. The number of methoxy groups -OCH3 is 1. The fraction of sp³-hybridized carbons (Fsp3) is 0.391. The number of thiazole rings is 1. The number of thioether (sulfide) groups is 1. The molecule has 0 aliphatic rings. The molecule has 0 radical (unpaired) electrons. The predicted octanol–water partition coefficient (Wildman–Crippen LogP) is 5.82. The second-order valence-corrected chi connectivity index (χ2v) is 9.94. The summed E-state index contributed by atoms with van der Waals surface area (Å²) < 4.78 is 6.29. The van der Waals surface area contributed by atoms with Crippen LogP contribution in [0.25, 0.3) is 10.2 Å². The smallest absolute Gasteiger partial charge is 0.228 e. The summed E-state index contributed by atoms with van der Waals surface area (Å²) in [7, 11) is 5.69. The molecule has 3 rings (SSSR count). The largest absolute Gasteiger partial charge is 0.494 e. The van der Waals surface area contributed by atoms with Gasteiger partial charge in [-0.15, -0.1) is 11.8 Å². The molecule has 1 amide bonds. The van der Waals surface area contributed by atoms with Crippen LogP contribution in [0.3, 0.4) is 0 Å². The molecule has 1 aromatic heterocycles. The van der Waals surface area contributed by atoms with Crippen molar-refractivity contribution in [3.8, 4) is 5.75 Å². The molecule has 166 valence electrons. The van der Waals surface area contributed by atoms with Crippen molar-refractivity contribution in [2.45, 2.75) is 24.2 Å². The molecular formula is C23H28ClN3O2S2. The third kappa shape index (κ3) is 6.59. The first-order valence-corrected chi connectivity index (χ1v) is 12.4. The zero-order valence-electron chi connectivity index (χ0n) is 18.1. The number of amides is 1. The van der Waals surface area contributed by atoms with Gasteiger partial charge in [0, 0.05) is 17.9 Å². The Kier molecular flexibility index (Phi) is 9.02. The Morgan fingerprint density at radius 3 is 2.61 bits per heavy atom. The minimum Gasteiger partial charge on any atom is -0.494 e. The minimum absolute atomic E-state index is 0.0987. The Morgan fingerprint density at radius 1 is 1.13 bits per heavy atom. The third-order valence-electron chi connectivity index (χ3n) is 4.73. The van der Waals surface area contributed by atoms with Gasteiger partial charge < -0.3 is 9.64 Å². The molecule has 0 aliphatic carbocycles. The van der Waals surface area contributed by atoms with Crippen molar-refractivity contribution in [2.75, 3.05) is 44.9 Å². The highest BCUT2D eigenvalue weighted by molar-refractivity contribution is 7.99. The quantitative estimate of drug-likeness (QED) is 0.257. The number of carbonyl (C=O) groups excluding carboxylic acids is 1. The van der Waals surface area contributed by atoms with Crippen molar-refractivity contribution in [1.29, 1.82) is 0 Å². The number of carbonyl (C=O) groups is 1. The van der Waals surface area contributed by atoms with Crippen molar-refractivity contribution in [2.24, 2.45) is 0 Å². The molecule has 0 unspecified atom stereocenters. The standard InChI is InChI=1S/C23H28ClN3O2S2/c1-26(2)14-8-15-27(20(28)11-7-16-30-17-9-5-4-6-10-17)23-25-21-19(29-3)13-12-18(24)22(21)31-23/h4-6,9-10,12-13H,7-8,11,14-16H2,1-3H3. The van der Waals surface area contributed by atoms with E-state index in [4.69, 9.17) is 21.3 Å². The molecular weight excluding hydrogens is 450 g/mol. The Hall–Kier alpha value is -1.80. The number of anilines is 1.